The number of hydrogen-bond acceptors (Lipinski definition) is 2. The third-order valence-electron chi connectivity index (χ3n) is 3.76. The second-order valence-corrected chi connectivity index (χ2v) is 4.87. The highest BCUT2D eigenvalue weighted by atomic mass is 15.3. The molecule has 0 radical (unpaired) electrons. The van der Waals surface area contributed by atoms with E-state index in [0.717, 1.165) is 26.1 Å². The zero-order chi connectivity index (χ0) is 12.4. The van der Waals surface area contributed by atoms with Gasteiger partial charge in [0.05, 0.1) is 0 Å². The molecule has 0 spiro atoms. The van der Waals surface area contributed by atoms with Gasteiger partial charge in [0.15, 0.2) is 0 Å². The molecule has 1 aromatic heterocycles. The number of fused-ring (bicyclic) bond motifs is 1. The van der Waals surface area contributed by atoms with Gasteiger partial charge in [0.25, 0.3) is 0 Å². The summed E-state index contributed by atoms with van der Waals surface area (Å²) in [5.41, 5.74) is 4.28. The molecule has 3 nitrogen and oxygen atoms in total. The Kier molecular flexibility index (Phi) is 3.15. The molecule has 3 heteroatoms. The normalized spacial score (nSPS) is 18.6. The molecule has 1 aliphatic heterocycles. The second kappa shape index (κ2) is 4.94. The summed E-state index contributed by atoms with van der Waals surface area (Å²) >= 11 is 0. The summed E-state index contributed by atoms with van der Waals surface area (Å²) in [6.45, 7) is 5.15. The summed E-state index contributed by atoms with van der Waals surface area (Å²) < 4.78 is 2.09. The number of rotatable bonds is 3. The van der Waals surface area contributed by atoms with Crippen LogP contribution < -0.4 is 5.32 Å². The van der Waals surface area contributed by atoms with Crippen LogP contribution in [0.15, 0.2) is 36.5 Å². The Morgan fingerprint density at radius 1 is 1.33 bits per heavy atom. The summed E-state index contributed by atoms with van der Waals surface area (Å²) in [5, 5.41) is 7.86. The van der Waals surface area contributed by atoms with Gasteiger partial charge >= 0.3 is 0 Å². The maximum absolute atomic E-state index is 4.35. The quantitative estimate of drug-likeness (QED) is 0.894. The predicted molar refractivity (Wildman–Crippen MR) is 72.5 cm³/mol. The van der Waals surface area contributed by atoms with E-state index >= 15 is 0 Å². The zero-order valence-electron chi connectivity index (χ0n) is 10.8. The van der Waals surface area contributed by atoms with Crippen molar-refractivity contribution < 1.29 is 0 Å². The van der Waals surface area contributed by atoms with E-state index in [1.54, 1.807) is 0 Å². The van der Waals surface area contributed by atoms with Gasteiger partial charge in [0.2, 0.25) is 0 Å². The Balaban J connectivity index is 1.86. The topological polar surface area (TPSA) is 29.9 Å². The molecule has 94 valence electrons. The van der Waals surface area contributed by atoms with Crippen molar-refractivity contribution in [3.63, 3.8) is 0 Å². The lowest BCUT2D eigenvalue weighted by Crippen LogP contribution is -2.29. The Morgan fingerprint density at radius 3 is 3.11 bits per heavy atom. The van der Waals surface area contributed by atoms with Crippen molar-refractivity contribution in [1.82, 2.24) is 15.1 Å². The first-order chi connectivity index (χ1) is 8.88. The van der Waals surface area contributed by atoms with Crippen molar-refractivity contribution >= 4 is 0 Å². The number of nitrogens with zero attached hydrogens (tertiary/aromatic N) is 2. The van der Waals surface area contributed by atoms with Gasteiger partial charge in [-0.3, -0.25) is 4.68 Å². The third kappa shape index (κ3) is 2.06. The molecule has 0 bridgehead atoms. The highest BCUT2D eigenvalue weighted by molar-refractivity contribution is 5.33. The van der Waals surface area contributed by atoms with Crippen LogP contribution in [0.25, 0.3) is 0 Å². The first kappa shape index (κ1) is 11.5. The second-order valence-electron chi connectivity index (χ2n) is 4.87. The van der Waals surface area contributed by atoms with Crippen LogP contribution in [0.4, 0.5) is 0 Å². The molecule has 2 aromatic rings. The van der Waals surface area contributed by atoms with Crippen LogP contribution in [0.1, 0.15) is 29.7 Å². The fourth-order valence-corrected chi connectivity index (χ4v) is 2.84. The van der Waals surface area contributed by atoms with Crippen molar-refractivity contribution in [2.75, 3.05) is 6.54 Å². The molecular formula is C15H19N3. The predicted octanol–water partition coefficient (Wildman–Crippen LogP) is 2.33. The van der Waals surface area contributed by atoms with E-state index in [2.05, 4.69) is 52.4 Å². The molecular weight excluding hydrogens is 222 g/mol. The van der Waals surface area contributed by atoms with Crippen LogP contribution in [-0.2, 0) is 19.5 Å². The minimum Gasteiger partial charge on any atom is -0.312 e. The van der Waals surface area contributed by atoms with Gasteiger partial charge in [-0.1, -0.05) is 24.3 Å². The lowest BCUT2D eigenvalue weighted by Gasteiger charge is -2.26. The van der Waals surface area contributed by atoms with Crippen molar-refractivity contribution in [1.29, 1.82) is 0 Å². The number of nitrogens with one attached hydrogen (secondary N) is 1. The average molecular weight is 241 g/mol. The molecule has 0 aliphatic carbocycles. The van der Waals surface area contributed by atoms with Crippen LogP contribution in [0.5, 0.6) is 0 Å². The molecule has 0 saturated carbocycles. The molecule has 0 saturated heterocycles. The smallest absolute Gasteiger partial charge is 0.0492 e. The molecule has 0 fully saturated rings. The molecule has 1 N–H and O–H groups in total. The maximum Gasteiger partial charge on any atom is 0.0492 e. The number of aryl methyl sites for hydroxylation is 1. The van der Waals surface area contributed by atoms with Gasteiger partial charge in [-0.2, -0.15) is 5.10 Å². The molecule has 18 heavy (non-hydrogen) atoms. The Hall–Kier alpha value is -1.61. The molecule has 0 amide bonds. The zero-order valence-corrected chi connectivity index (χ0v) is 10.8. The monoisotopic (exact) mass is 241 g/mol. The first-order valence-electron chi connectivity index (χ1n) is 6.67. The first-order valence-corrected chi connectivity index (χ1v) is 6.67. The van der Waals surface area contributed by atoms with E-state index in [1.807, 2.05) is 6.20 Å². The fraction of sp³-hybridized carbons (Fsp3) is 0.400. The van der Waals surface area contributed by atoms with Crippen LogP contribution in [-0.4, -0.2) is 16.3 Å². The van der Waals surface area contributed by atoms with Gasteiger partial charge < -0.3 is 5.32 Å². The summed E-state index contributed by atoms with van der Waals surface area (Å²) in [7, 11) is 0. The molecule has 1 unspecified atom stereocenters. The van der Waals surface area contributed by atoms with Gasteiger partial charge in [-0.15, -0.1) is 0 Å². The Labute approximate surface area is 108 Å². The third-order valence-corrected chi connectivity index (χ3v) is 3.76. The fourth-order valence-electron chi connectivity index (χ4n) is 2.84. The summed E-state index contributed by atoms with van der Waals surface area (Å²) in [4.78, 5) is 0. The van der Waals surface area contributed by atoms with Crippen LogP contribution >= 0.6 is 0 Å². The molecule has 1 aliphatic rings. The van der Waals surface area contributed by atoms with Crippen molar-refractivity contribution in [3.05, 3.63) is 53.3 Å². The summed E-state index contributed by atoms with van der Waals surface area (Å²) in [5.74, 6) is 0.567. The lowest BCUT2D eigenvalue weighted by atomic mass is 9.87. The van der Waals surface area contributed by atoms with Crippen molar-refractivity contribution in [2.45, 2.75) is 32.4 Å². The Morgan fingerprint density at radius 2 is 2.22 bits per heavy atom. The van der Waals surface area contributed by atoms with E-state index in [0.29, 0.717) is 5.92 Å². The molecule has 1 aromatic carbocycles. The van der Waals surface area contributed by atoms with Crippen LogP contribution in [0, 0.1) is 0 Å². The van der Waals surface area contributed by atoms with Gasteiger partial charge in [-0.05, 0) is 30.5 Å². The molecule has 1 atom stereocenters. The molecule has 3 rings (SSSR count). The van der Waals surface area contributed by atoms with E-state index in [-0.39, 0.29) is 0 Å². The number of hydrogen-bond donors (Lipinski definition) is 1. The number of aromatic nitrogens is 2. The van der Waals surface area contributed by atoms with Gasteiger partial charge in [0.1, 0.15) is 0 Å². The van der Waals surface area contributed by atoms with E-state index in [9.17, 15) is 0 Å². The van der Waals surface area contributed by atoms with Crippen molar-refractivity contribution in [3.8, 4) is 0 Å². The van der Waals surface area contributed by atoms with E-state index in [4.69, 9.17) is 0 Å². The minimum absolute atomic E-state index is 0.567. The van der Waals surface area contributed by atoms with Crippen molar-refractivity contribution in [2.24, 2.45) is 0 Å². The SMILES string of the molecule is CCn1nccc1CC1CNCc2ccccc21. The van der Waals surface area contributed by atoms with Crippen LogP contribution in [0.3, 0.4) is 0 Å². The summed E-state index contributed by atoms with van der Waals surface area (Å²) in [6, 6.07) is 10.9. The van der Waals surface area contributed by atoms with Gasteiger partial charge in [-0.25, -0.2) is 0 Å². The standard InChI is InChI=1S/C15H19N3/c1-2-18-14(7-8-17-18)9-13-11-16-10-12-5-3-4-6-15(12)13/h3-8,13,16H,2,9-11H2,1H3. The highest BCUT2D eigenvalue weighted by Crippen LogP contribution is 2.26. The lowest BCUT2D eigenvalue weighted by molar-refractivity contribution is 0.515. The minimum atomic E-state index is 0.567. The highest BCUT2D eigenvalue weighted by Gasteiger charge is 2.20. The number of benzene rings is 1. The van der Waals surface area contributed by atoms with E-state index < -0.39 is 0 Å². The maximum atomic E-state index is 4.35. The van der Waals surface area contributed by atoms with E-state index in [1.165, 1.54) is 16.8 Å². The van der Waals surface area contributed by atoms with Crippen LogP contribution in [0.2, 0.25) is 0 Å². The average Bonchev–Trinajstić information content (AvgIpc) is 2.86. The molecule has 2 heterocycles. The Bertz CT molecular complexity index is 530. The summed E-state index contributed by atoms with van der Waals surface area (Å²) in [6.07, 6.45) is 2.97. The van der Waals surface area contributed by atoms with Gasteiger partial charge in [0, 0.05) is 37.4 Å². The largest absolute Gasteiger partial charge is 0.312 e.